The molecule has 1 saturated heterocycles. The molecule has 0 radical (unpaired) electrons. The van der Waals surface area contributed by atoms with Crippen molar-refractivity contribution >= 4 is 22.9 Å². The molecule has 0 N–H and O–H groups in total. The highest BCUT2D eigenvalue weighted by atomic mass is 19.4. The maximum Gasteiger partial charge on any atom is 0.416 e. The number of hydrogen-bond donors (Lipinski definition) is 0. The van der Waals surface area contributed by atoms with E-state index >= 15 is 0 Å². The van der Waals surface area contributed by atoms with Crippen molar-refractivity contribution in [1.82, 2.24) is 29.9 Å². The highest BCUT2D eigenvalue weighted by Crippen LogP contribution is 2.29. The molecule has 1 aliphatic rings. The van der Waals surface area contributed by atoms with E-state index in [2.05, 4.69) is 20.3 Å². The summed E-state index contributed by atoms with van der Waals surface area (Å²) >= 11 is 0. The molecule has 0 aliphatic carbocycles. The van der Waals surface area contributed by atoms with Gasteiger partial charge >= 0.3 is 6.18 Å². The van der Waals surface area contributed by atoms with Crippen molar-refractivity contribution in [3.8, 4) is 5.69 Å². The topological polar surface area (TPSA) is 80.0 Å². The fraction of sp³-hybridized carbons (Fsp3) is 0.261. The van der Waals surface area contributed by atoms with Crippen molar-refractivity contribution in [2.75, 3.05) is 31.1 Å². The maximum atomic E-state index is 12.8. The van der Waals surface area contributed by atoms with Gasteiger partial charge in [-0.2, -0.15) is 17.9 Å². The molecule has 5 rings (SSSR count). The number of alkyl halides is 3. The van der Waals surface area contributed by atoms with Crippen molar-refractivity contribution in [2.45, 2.75) is 13.1 Å². The number of halogens is 3. The molecule has 0 atom stereocenters. The summed E-state index contributed by atoms with van der Waals surface area (Å²) in [7, 11) is 0. The molecule has 8 nitrogen and oxygen atoms in total. The Balaban J connectivity index is 1.31. The van der Waals surface area contributed by atoms with Crippen LogP contribution in [0.4, 0.5) is 19.0 Å². The van der Waals surface area contributed by atoms with E-state index in [0.717, 1.165) is 23.4 Å². The summed E-state index contributed by atoms with van der Waals surface area (Å²) in [6.45, 7) is 3.80. The lowest BCUT2D eigenvalue weighted by atomic mass is 10.1. The quantitative estimate of drug-likeness (QED) is 0.459. The van der Waals surface area contributed by atoms with Crippen LogP contribution in [0.15, 0.2) is 54.9 Å². The molecule has 0 unspecified atom stereocenters. The zero-order chi connectivity index (χ0) is 23.9. The number of anilines is 1. The highest BCUT2D eigenvalue weighted by molar-refractivity contribution is 5.94. The third kappa shape index (κ3) is 4.04. The summed E-state index contributed by atoms with van der Waals surface area (Å²) in [5.41, 5.74) is 2.56. The van der Waals surface area contributed by atoms with E-state index in [1.54, 1.807) is 9.58 Å². The smallest absolute Gasteiger partial charge is 0.351 e. The van der Waals surface area contributed by atoms with Crippen molar-refractivity contribution in [3.05, 3.63) is 71.5 Å². The van der Waals surface area contributed by atoms with E-state index in [-0.39, 0.29) is 11.5 Å². The Labute approximate surface area is 192 Å². The van der Waals surface area contributed by atoms with E-state index in [4.69, 9.17) is 0 Å². The van der Waals surface area contributed by atoms with E-state index in [0.29, 0.717) is 43.2 Å². The maximum absolute atomic E-state index is 12.8. The molecule has 11 heteroatoms. The standard InChI is InChI=1S/C23H20F3N7O/c1-15-2-8-18(9-3-15)33-21-19(29-30-33)20(27-14-28-21)31-10-12-32(13-11-31)22(34)16-4-6-17(7-5-16)23(24,25)26/h2-9,14H,10-13H2,1H3. The molecule has 174 valence electrons. The number of benzene rings is 2. The van der Waals surface area contributed by atoms with Crippen LogP contribution in [-0.4, -0.2) is 61.9 Å². The lowest BCUT2D eigenvalue weighted by molar-refractivity contribution is -0.137. The van der Waals surface area contributed by atoms with Crippen molar-refractivity contribution < 1.29 is 18.0 Å². The van der Waals surface area contributed by atoms with Crippen LogP contribution in [0.1, 0.15) is 21.5 Å². The minimum absolute atomic E-state index is 0.229. The first-order valence-corrected chi connectivity index (χ1v) is 10.7. The van der Waals surface area contributed by atoms with Crippen LogP contribution >= 0.6 is 0 Å². The predicted octanol–water partition coefficient (Wildman–Crippen LogP) is 3.50. The number of hydrogen-bond acceptors (Lipinski definition) is 6. The third-order valence-electron chi connectivity index (χ3n) is 5.82. The van der Waals surface area contributed by atoms with E-state index < -0.39 is 11.7 Å². The van der Waals surface area contributed by atoms with Crippen LogP contribution in [0.5, 0.6) is 0 Å². The van der Waals surface area contributed by atoms with Crippen molar-refractivity contribution in [2.24, 2.45) is 0 Å². The van der Waals surface area contributed by atoms with Gasteiger partial charge in [0.15, 0.2) is 17.0 Å². The molecular formula is C23H20F3N7O. The first-order valence-electron chi connectivity index (χ1n) is 10.7. The van der Waals surface area contributed by atoms with Crippen LogP contribution in [0, 0.1) is 6.92 Å². The number of carbonyl (C=O) groups is 1. The largest absolute Gasteiger partial charge is 0.416 e. The average molecular weight is 467 g/mol. The monoisotopic (exact) mass is 467 g/mol. The van der Waals surface area contributed by atoms with Gasteiger partial charge in [0.1, 0.15) is 6.33 Å². The molecule has 1 fully saturated rings. The molecule has 2 aromatic carbocycles. The molecular weight excluding hydrogens is 447 g/mol. The summed E-state index contributed by atoms with van der Waals surface area (Å²) in [5, 5.41) is 8.55. The summed E-state index contributed by atoms with van der Waals surface area (Å²) < 4.78 is 40.0. The fourth-order valence-electron chi connectivity index (χ4n) is 3.93. The number of piperazine rings is 1. The first kappa shape index (κ1) is 21.8. The van der Waals surface area contributed by atoms with Crippen LogP contribution in [0.2, 0.25) is 0 Å². The van der Waals surface area contributed by atoms with Crippen LogP contribution in [0.25, 0.3) is 16.9 Å². The molecule has 3 heterocycles. The number of aromatic nitrogens is 5. The summed E-state index contributed by atoms with van der Waals surface area (Å²) in [5.74, 6) is 0.330. The molecule has 4 aromatic rings. The van der Waals surface area contributed by atoms with E-state index in [1.165, 1.54) is 18.5 Å². The van der Waals surface area contributed by atoms with Gasteiger partial charge in [-0.25, -0.2) is 9.97 Å². The fourth-order valence-corrected chi connectivity index (χ4v) is 3.93. The zero-order valence-corrected chi connectivity index (χ0v) is 18.2. The lowest BCUT2D eigenvalue weighted by Gasteiger charge is -2.35. The molecule has 0 spiro atoms. The van der Waals surface area contributed by atoms with Gasteiger partial charge in [0.25, 0.3) is 5.91 Å². The van der Waals surface area contributed by atoms with Gasteiger partial charge in [0.05, 0.1) is 11.3 Å². The molecule has 1 aliphatic heterocycles. The van der Waals surface area contributed by atoms with Crippen LogP contribution < -0.4 is 4.90 Å². The second-order valence-electron chi connectivity index (χ2n) is 8.06. The summed E-state index contributed by atoms with van der Waals surface area (Å²) in [4.78, 5) is 25.2. The SMILES string of the molecule is Cc1ccc(-n2nnc3c(N4CCN(C(=O)c5ccc(C(F)(F)F)cc5)CC4)ncnc32)cc1. The lowest BCUT2D eigenvalue weighted by Crippen LogP contribution is -2.49. The molecule has 0 saturated carbocycles. The van der Waals surface area contributed by atoms with Gasteiger partial charge in [0.2, 0.25) is 0 Å². The number of carbonyl (C=O) groups excluding carboxylic acids is 1. The Morgan fingerprint density at radius 1 is 0.912 bits per heavy atom. The van der Waals surface area contributed by atoms with Crippen molar-refractivity contribution in [1.29, 1.82) is 0 Å². The Kier molecular flexibility index (Phi) is 5.39. The van der Waals surface area contributed by atoms with E-state index in [9.17, 15) is 18.0 Å². The molecule has 2 aromatic heterocycles. The molecule has 0 bridgehead atoms. The zero-order valence-electron chi connectivity index (χ0n) is 18.2. The van der Waals surface area contributed by atoms with E-state index in [1.807, 2.05) is 36.1 Å². The number of nitrogens with zero attached hydrogens (tertiary/aromatic N) is 7. The first-order chi connectivity index (χ1) is 16.3. The second-order valence-corrected chi connectivity index (χ2v) is 8.06. The summed E-state index contributed by atoms with van der Waals surface area (Å²) in [6, 6.07) is 12.1. The van der Waals surface area contributed by atoms with Gasteiger partial charge in [-0.1, -0.05) is 22.9 Å². The highest BCUT2D eigenvalue weighted by Gasteiger charge is 2.31. The van der Waals surface area contributed by atoms with Crippen molar-refractivity contribution in [3.63, 3.8) is 0 Å². The number of fused-ring (bicyclic) bond motifs is 1. The summed E-state index contributed by atoms with van der Waals surface area (Å²) in [6.07, 6.45) is -2.97. The minimum atomic E-state index is -4.43. The minimum Gasteiger partial charge on any atom is -0.351 e. The van der Waals surface area contributed by atoms with Gasteiger partial charge in [-0.15, -0.1) is 5.10 Å². The normalized spacial score (nSPS) is 14.6. The number of rotatable bonds is 3. The van der Waals surface area contributed by atoms with Gasteiger partial charge in [-0.05, 0) is 43.3 Å². The van der Waals surface area contributed by atoms with Crippen LogP contribution in [-0.2, 0) is 6.18 Å². The number of amides is 1. The Morgan fingerprint density at radius 3 is 2.24 bits per heavy atom. The third-order valence-corrected chi connectivity index (χ3v) is 5.82. The average Bonchev–Trinajstić information content (AvgIpc) is 3.28. The number of aryl methyl sites for hydroxylation is 1. The van der Waals surface area contributed by atoms with Gasteiger partial charge in [0, 0.05) is 31.7 Å². The molecule has 1 amide bonds. The van der Waals surface area contributed by atoms with Gasteiger partial charge < -0.3 is 9.80 Å². The Morgan fingerprint density at radius 2 is 1.59 bits per heavy atom. The Hall–Kier alpha value is -4.02. The second kappa shape index (κ2) is 8.40. The molecule has 34 heavy (non-hydrogen) atoms. The predicted molar refractivity (Wildman–Crippen MR) is 119 cm³/mol. The van der Waals surface area contributed by atoms with Crippen LogP contribution in [0.3, 0.4) is 0 Å². The van der Waals surface area contributed by atoms with Gasteiger partial charge in [-0.3, -0.25) is 4.79 Å². The Bertz CT molecular complexity index is 1330.